The van der Waals surface area contributed by atoms with Gasteiger partial charge in [0.1, 0.15) is 11.5 Å². The first-order valence-electron chi connectivity index (χ1n) is 6.82. The molecule has 4 nitrogen and oxygen atoms in total. The van der Waals surface area contributed by atoms with Crippen molar-refractivity contribution in [1.29, 1.82) is 0 Å². The maximum atomic E-state index is 5.91. The van der Waals surface area contributed by atoms with Crippen molar-refractivity contribution in [3.8, 4) is 0 Å². The standard InChI is InChI=1S/C14H24N2O2/c1-4-7-16-8-9-17-13(10-15-3)14(16)12-6-5-11(2)18-12/h5-6,13-15H,4,7-10H2,1-3H3. The lowest BCUT2D eigenvalue weighted by molar-refractivity contribution is -0.0768. The first kappa shape index (κ1) is 13.6. The van der Waals surface area contributed by atoms with E-state index in [1.54, 1.807) is 0 Å². The number of furan rings is 1. The molecule has 18 heavy (non-hydrogen) atoms. The van der Waals surface area contributed by atoms with Gasteiger partial charge in [0, 0.05) is 13.1 Å². The van der Waals surface area contributed by atoms with E-state index in [1.807, 2.05) is 20.0 Å². The molecule has 2 atom stereocenters. The van der Waals surface area contributed by atoms with Crippen LogP contribution in [-0.4, -0.2) is 44.3 Å². The largest absolute Gasteiger partial charge is 0.465 e. The van der Waals surface area contributed by atoms with Gasteiger partial charge in [-0.15, -0.1) is 0 Å². The van der Waals surface area contributed by atoms with Crippen LogP contribution in [0, 0.1) is 6.92 Å². The van der Waals surface area contributed by atoms with Crippen LogP contribution < -0.4 is 5.32 Å². The predicted octanol–water partition coefficient (Wildman–Crippen LogP) is 1.96. The maximum Gasteiger partial charge on any atom is 0.124 e. The number of hydrogen-bond acceptors (Lipinski definition) is 4. The first-order valence-corrected chi connectivity index (χ1v) is 6.82. The van der Waals surface area contributed by atoms with Gasteiger partial charge in [0.2, 0.25) is 0 Å². The number of nitrogens with one attached hydrogen (secondary N) is 1. The van der Waals surface area contributed by atoms with Crippen molar-refractivity contribution in [2.75, 3.05) is 33.3 Å². The molecule has 0 aliphatic carbocycles. The molecular formula is C14H24N2O2. The number of nitrogens with zero attached hydrogens (tertiary/aromatic N) is 1. The van der Waals surface area contributed by atoms with E-state index >= 15 is 0 Å². The second kappa shape index (κ2) is 6.36. The lowest BCUT2D eigenvalue weighted by Gasteiger charge is -2.40. The predicted molar refractivity (Wildman–Crippen MR) is 71.7 cm³/mol. The summed E-state index contributed by atoms with van der Waals surface area (Å²) in [6.07, 6.45) is 1.32. The highest BCUT2D eigenvalue weighted by atomic mass is 16.5. The summed E-state index contributed by atoms with van der Waals surface area (Å²) in [6, 6.07) is 4.35. The normalized spacial score (nSPS) is 25.5. The van der Waals surface area contributed by atoms with Gasteiger partial charge in [-0.1, -0.05) is 6.92 Å². The van der Waals surface area contributed by atoms with Crippen LogP contribution in [0.25, 0.3) is 0 Å². The third-order valence-corrected chi connectivity index (χ3v) is 3.42. The van der Waals surface area contributed by atoms with Crippen LogP contribution in [0.4, 0.5) is 0 Å². The molecule has 0 saturated carbocycles. The van der Waals surface area contributed by atoms with E-state index in [9.17, 15) is 0 Å². The van der Waals surface area contributed by atoms with Crippen molar-refractivity contribution >= 4 is 0 Å². The highest BCUT2D eigenvalue weighted by Gasteiger charge is 2.34. The Morgan fingerprint density at radius 2 is 2.28 bits per heavy atom. The molecule has 4 heteroatoms. The Hall–Kier alpha value is -0.840. The summed E-state index contributed by atoms with van der Waals surface area (Å²) in [4.78, 5) is 2.48. The fourth-order valence-electron chi connectivity index (χ4n) is 2.67. The summed E-state index contributed by atoms with van der Waals surface area (Å²) in [7, 11) is 1.96. The molecule has 1 N–H and O–H groups in total. The zero-order chi connectivity index (χ0) is 13.0. The molecule has 0 radical (unpaired) electrons. The van der Waals surface area contributed by atoms with Gasteiger partial charge in [-0.05, 0) is 39.1 Å². The third-order valence-electron chi connectivity index (χ3n) is 3.42. The van der Waals surface area contributed by atoms with Gasteiger partial charge in [0.25, 0.3) is 0 Å². The molecule has 1 fully saturated rings. The van der Waals surface area contributed by atoms with Crippen LogP contribution in [-0.2, 0) is 4.74 Å². The Morgan fingerprint density at radius 3 is 2.89 bits per heavy atom. The molecule has 1 aromatic rings. The Kier molecular flexibility index (Phi) is 4.80. The SMILES string of the molecule is CCCN1CCOC(CNC)C1c1ccc(C)o1. The van der Waals surface area contributed by atoms with E-state index in [-0.39, 0.29) is 12.1 Å². The monoisotopic (exact) mass is 252 g/mol. The average Bonchev–Trinajstić information content (AvgIpc) is 2.77. The van der Waals surface area contributed by atoms with Crippen molar-refractivity contribution in [3.63, 3.8) is 0 Å². The molecule has 2 unspecified atom stereocenters. The zero-order valence-electron chi connectivity index (χ0n) is 11.6. The third kappa shape index (κ3) is 2.94. The van der Waals surface area contributed by atoms with E-state index in [0.717, 1.165) is 44.2 Å². The molecule has 1 aliphatic heterocycles. The molecule has 0 aromatic carbocycles. The smallest absolute Gasteiger partial charge is 0.124 e. The number of hydrogen-bond donors (Lipinski definition) is 1. The number of morpholine rings is 1. The Bertz CT molecular complexity index is 346. The minimum Gasteiger partial charge on any atom is -0.465 e. The first-order chi connectivity index (χ1) is 8.76. The number of ether oxygens (including phenoxy) is 1. The highest BCUT2D eigenvalue weighted by molar-refractivity contribution is 5.12. The second-order valence-electron chi connectivity index (χ2n) is 4.90. The molecule has 0 amide bonds. The summed E-state index contributed by atoms with van der Waals surface area (Å²) < 4.78 is 11.7. The summed E-state index contributed by atoms with van der Waals surface area (Å²) in [5, 5.41) is 3.21. The van der Waals surface area contributed by atoms with Crippen LogP contribution in [0.5, 0.6) is 0 Å². The van der Waals surface area contributed by atoms with Crippen molar-refractivity contribution in [2.24, 2.45) is 0 Å². The molecule has 0 spiro atoms. The number of likely N-dealkylation sites (N-methyl/N-ethyl adjacent to an activating group) is 1. The molecule has 102 valence electrons. The van der Waals surface area contributed by atoms with Crippen molar-refractivity contribution in [3.05, 3.63) is 23.7 Å². The van der Waals surface area contributed by atoms with E-state index in [0.29, 0.717) is 0 Å². The van der Waals surface area contributed by atoms with Crippen LogP contribution >= 0.6 is 0 Å². The number of aryl methyl sites for hydroxylation is 1. The Balaban J connectivity index is 2.20. The Morgan fingerprint density at radius 1 is 1.44 bits per heavy atom. The van der Waals surface area contributed by atoms with Gasteiger partial charge in [0.05, 0.1) is 18.8 Å². The molecule has 1 saturated heterocycles. The van der Waals surface area contributed by atoms with Crippen molar-refractivity contribution in [1.82, 2.24) is 10.2 Å². The van der Waals surface area contributed by atoms with Gasteiger partial charge in [-0.25, -0.2) is 0 Å². The second-order valence-corrected chi connectivity index (χ2v) is 4.90. The van der Waals surface area contributed by atoms with E-state index in [2.05, 4.69) is 23.2 Å². The van der Waals surface area contributed by atoms with Gasteiger partial charge in [-0.2, -0.15) is 0 Å². The van der Waals surface area contributed by atoms with Gasteiger partial charge in [-0.3, -0.25) is 4.90 Å². The minimum absolute atomic E-state index is 0.167. The van der Waals surface area contributed by atoms with Gasteiger partial charge in [0.15, 0.2) is 0 Å². The fraction of sp³-hybridized carbons (Fsp3) is 0.714. The lowest BCUT2D eigenvalue weighted by Crippen LogP contribution is -2.48. The molecule has 2 heterocycles. The zero-order valence-corrected chi connectivity index (χ0v) is 11.6. The molecule has 1 aromatic heterocycles. The molecule has 0 bridgehead atoms. The summed E-state index contributed by atoms with van der Waals surface area (Å²) >= 11 is 0. The summed E-state index contributed by atoms with van der Waals surface area (Å²) in [6.45, 7) is 7.94. The molecular weight excluding hydrogens is 228 g/mol. The van der Waals surface area contributed by atoms with Gasteiger partial charge < -0.3 is 14.5 Å². The van der Waals surface area contributed by atoms with Crippen LogP contribution in [0.3, 0.4) is 0 Å². The topological polar surface area (TPSA) is 37.6 Å². The quantitative estimate of drug-likeness (QED) is 0.869. The average molecular weight is 252 g/mol. The van der Waals surface area contributed by atoms with Crippen LogP contribution in [0.2, 0.25) is 0 Å². The molecule has 2 rings (SSSR count). The maximum absolute atomic E-state index is 5.91. The van der Waals surface area contributed by atoms with Gasteiger partial charge >= 0.3 is 0 Å². The Labute approximate surface area is 109 Å². The lowest BCUT2D eigenvalue weighted by atomic mass is 10.0. The van der Waals surface area contributed by atoms with Crippen LogP contribution in [0.15, 0.2) is 16.5 Å². The summed E-state index contributed by atoms with van der Waals surface area (Å²) in [5.74, 6) is 2.00. The summed E-state index contributed by atoms with van der Waals surface area (Å²) in [5.41, 5.74) is 0. The van der Waals surface area contributed by atoms with E-state index in [4.69, 9.17) is 9.15 Å². The molecule has 1 aliphatic rings. The fourth-order valence-corrected chi connectivity index (χ4v) is 2.67. The highest BCUT2D eigenvalue weighted by Crippen LogP contribution is 2.30. The van der Waals surface area contributed by atoms with Crippen molar-refractivity contribution < 1.29 is 9.15 Å². The van der Waals surface area contributed by atoms with Crippen LogP contribution in [0.1, 0.15) is 30.9 Å². The van der Waals surface area contributed by atoms with E-state index < -0.39 is 0 Å². The van der Waals surface area contributed by atoms with E-state index in [1.165, 1.54) is 0 Å². The minimum atomic E-state index is 0.167. The number of rotatable bonds is 5. The van der Waals surface area contributed by atoms with Crippen molar-refractivity contribution in [2.45, 2.75) is 32.4 Å².